The van der Waals surface area contributed by atoms with Crippen LogP contribution < -0.4 is 22.0 Å². The number of nitrogens with zero attached hydrogens (tertiary/aromatic N) is 4. The highest BCUT2D eigenvalue weighted by molar-refractivity contribution is 7.80. The van der Waals surface area contributed by atoms with Gasteiger partial charge in [0.25, 0.3) is 0 Å². The molecular formula is C31H36N6O16S. The van der Waals surface area contributed by atoms with E-state index in [4.69, 9.17) is 50.1 Å². The predicted octanol–water partition coefficient (Wildman–Crippen LogP) is -0.743. The number of aromatic nitrogens is 4. The van der Waals surface area contributed by atoms with Crippen LogP contribution in [0.2, 0.25) is 0 Å². The summed E-state index contributed by atoms with van der Waals surface area (Å²) >= 11 is 5.30. The summed E-state index contributed by atoms with van der Waals surface area (Å²) in [4.78, 5) is 105. The van der Waals surface area contributed by atoms with Crippen LogP contribution in [0.25, 0.3) is 0 Å². The lowest BCUT2D eigenvalue weighted by atomic mass is 10.1. The second-order valence-electron chi connectivity index (χ2n) is 11.6. The van der Waals surface area contributed by atoms with Crippen LogP contribution in [-0.4, -0.2) is 110 Å². The van der Waals surface area contributed by atoms with Crippen molar-refractivity contribution in [1.82, 2.24) is 19.1 Å². The first kappa shape index (κ1) is 41.0. The average Bonchev–Trinajstić information content (AvgIpc) is 3.54. The molecule has 22 nitrogen and oxygen atoms in total. The van der Waals surface area contributed by atoms with Gasteiger partial charge in [0, 0.05) is 53.9 Å². The van der Waals surface area contributed by atoms with Crippen molar-refractivity contribution in [1.29, 1.82) is 0 Å². The van der Waals surface area contributed by atoms with E-state index in [0.29, 0.717) is 0 Å². The fraction of sp³-hybridized carbons (Fsp3) is 0.516. The standard InChI is InChI=1S/C31H36N6O16S/c1-13(38)46-11-19-23(48-15(3)40)25(50-17(5)42)27(52-19)36-9-7-21(34-30(36)44)32-29(54)33-22-8-10-37(31(45)35-22)28-26(51-18(6)43)24(49-16(4)41)20(53-28)12-47-14(2)39/h7-10,19-20,23-28H,11-12H2,1-6H3,(H2,32,33,34,35,44,45,54). The number of carbonyl (C=O) groups excluding carboxylic acids is 6. The highest BCUT2D eigenvalue weighted by Crippen LogP contribution is 2.35. The predicted molar refractivity (Wildman–Crippen MR) is 180 cm³/mol. The van der Waals surface area contributed by atoms with Crippen molar-refractivity contribution in [3.05, 3.63) is 45.5 Å². The summed E-state index contributed by atoms with van der Waals surface area (Å²) in [7, 11) is 0. The smallest absolute Gasteiger partial charge is 0.351 e. The van der Waals surface area contributed by atoms with E-state index in [1.807, 2.05) is 0 Å². The third-order valence-corrected chi connectivity index (χ3v) is 7.58. The Hall–Kier alpha value is -5.81. The van der Waals surface area contributed by atoms with Crippen LogP contribution >= 0.6 is 12.2 Å². The summed E-state index contributed by atoms with van der Waals surface area (Å²) in [6.07, 6.45) is -7.59. The zero-order valence-electron chi connectivity index (χ0n) is 29.6. The Balaban J connectivity index is 1.50. The van der Waals surface area contributed by atoms with Gasteiger partial charge < -0.3 is 48.5 Å². The van der Waals surface area contributed by atoms with Gasteiger partial charge in [-0.1, -0.05) is 0 Å². The van der Waals surface area contributed by atoms with E-state index in [9.17, 15) is 38.4 Å². The van der Waals surface area contributed by atoms with Crippen molar-refractivity contribution < 1.29 is 66.7 Å². The molecule has 0 spiro atoms. The molecule has 2 saturated heterocycles. The number of ether oxygens (including phenoxy) is 8. The fourth-order valence-electron chi connectivity index (χ4n) is 5.45. The van der Waals surface area contributed by atoms with Gasteiger partial charge in [0.2, 0.25) is 0 Å². The van der Waals surface area contributed by atoms with Crippen molar-refractivity contribution >= 4 is 64.8 Å². The maximum absolute atomic E-state index is 13.2. The fourth-order valence-corrected chi connectivity index (χ4v) is 5.66. The third-order valence-electron chi connectivity index (χ3n) is 7.37. The lowest BCUT2D eigenvalue weighted by Gasteiger charge is -2.24. The molecule has 23 heteroatoms. The monoisotopic (exact) mass is 780 g/mol. The molecule has 2 aromatic heterocycles. The summed E-state index contributed by atoms with van der Waals surface area (Å²) in [5.74, 6) is -4.49. The summed E-state index contributed by atoms with van der Waals surface area (Å²) in [5, 5.41) is 5.16. The highest BCUT2D eigenvalue weighted by Gasteiger charge is 2.52. The molecule has 0 bridgehead atoms. The summed E-state index contributed by atoms with van der Waals surface area (Å²) in [5.41, 5.74) is -1.84. The molecule has 8 unspecified atom stereocenters. The van der Waals surface area contributed by atoms with Gasteiger partial charge in [0.05, 0.1) is 0 Å². The molecule has 2 aliphatic rings. The van der Waals surface area contributed by atoms with Crippen molar-refractivity contribution in [3.8, 4) is 0 Å². The van der Waals surface area contributed by atoms with Crippen molar-refractivity contribution in [2.24, 2.45) is 0 Å². The second-order valence-corrected chi connectivity index (χ2v) is 12.0. The SMILES string of the molecule is CC(=O)OCC1OC(n2ccc(NC(=S)Nc3ccn(C4OC(COC(C)=O)C(OC(C)=O)C4OC(C)=O)c(=O)n3)nc2=O)C(OC(C)=O)C1OC(C)=O. The number of hydrogen-bond donors (Lipinski definition) is 2. The molecule has 4 heterocycles. The maximum Gasteiger partial charge on any atom is 0.351 e. The zero-order chi connectivity index (χ0) is 39.9. The van der Waals surface area contributed by atoms with E-state index in [2.05, 4.69) is 20.6 Å². The van der Waals surface area contributed by atoms with E-state index >= 15 is 0 Å². The van der Waals surface area contributed by atoms with E-state index < -0.39 is 96.3 Å². The van der Waals surface area contributed by atoms with Gasteiger partial charge >= 0.3 is 47.2 Å². The molecule has 2 aromatic rings. The molecule has 4 rings (SSSR count). The van der Waals surface area contributed by atoms with E-state index in [1.165, 1.54) is 24.5 Å². The third kappa shape index (κ3) is 10.6. The molecule has 0 amide bonds. The largest absolute Gasteiger partial charge is 0.463 e. The lowest BCUT2D eigenvalue weighted by molar-refractivity contribution is -0.166. The van der Waals surface area contributed by atoms with Crippen LogP contribution in [0.1, 0.15) is 54.0 Å². The van der Waals surface area contributed by atoms with Crippen LogP contribution in [0.4, 0.5) is 11.6 Å². The first-order valence-electron chi connectivity index (χ1n) is 16.0. The Labute approximate surface area is 310 Å². The molecule has 2 N–H and O–H groups in total. The Bertz CT molecular complexity index is 1780. The first-order chi connectivity index (χ1) is 25.4. The van der Waals surface area contributed by atoms with Gasteiger partial charge in [-0.2, -0.15) is 9.97 Å². The average molecular weight is 781 g/mol. The Kier molecular flexibility index (Phi) is 13.5. The summed E-state index contributed by atoms with van der Waals surface area (Å²) in [6, 6.07) is 2.63. The summed E-state index contributed by atoms with van der Waals surface area (Å²) < 4.78 is 45.0. The topological polar surface area (TPSA) is 270 Å². The number of anilines is 2. The molecule has 8 atom stereocenters. The molecule has 0 radical (unpaired) electrons. The second kappa shape index (κ2) is 17.8. The highest BCUT2D eigenvalue weighted by atomic mass is 32.1. The zero-order valence-corrected chi connectivity index (χ0v) is 30.4. The Morgan fingerprint density at radius 2 is 0.944 bits per heavy atom. The molecule has 292 valence electrons. The normalized spacial score (nSPS) is 24.4. The number of thiocarbonyl (C=S) groups is 1. The molecule has 2 fully saturated rings. The van der Waals surface area contributed by atoms with E-state index in [-0.39, 0.29) is 30.0 Å². The molecule has 54 heavy (non-hydrogen) atoms. The van der Waals surface area contributed by atoms with E-state index in [0.717, 1.165) is 50.7 Å². The maximum atomic E-state index is 13.2. The van der Waals surface area contributed by atoms with Crippen molar-refractivity contribution in [2.75, 3.05) is 23.8 Å². The number of nitrogens with one attached hydrogen (secondary N) is 2. The van der Waals surface area contributed by atoms with Gasteiger partial charge in [-0.15, -0.1) is 0 Å². The minimum absolute atomic E-state index is 0.0731. The first-order valence-corrected chi connectivity index (χ1v) is 16.4. The lowest BCUT2D eigenvalue weighted by Crippen LogP contribution is -2.42. The number of rotatable bonds is 12. The molecule has 0 aliphatic carbocycles. The van der Waals surface area contributed by atoms with Gasteiger partial charge in [-0.25, -0.2) is 9.59 Å². The van der Waals surface area contributed by atoms with Gasteiger partial charge in [-0.05, 0) is 24.4 Å². The van der Waals surface area contributed by atoms with Gasteiger partial charge in [0.1, 0.15) is 37.1 Å². The number of hydrogen-bond acceptors (Lipinski definition) is 19. The molecular weight excluding hydrogens is 744 g/mol. The van der Waals surface area contributed by atoms with Crippen LogP contribution in [0, 0.1) is 0 Å². The van der Waals surface area contributed by atoms with E-state index in [1.54, 1.807) is 0 Å². The Morgan fingerprint density at radius 3 is 1.24 bits per heavy atom. The van der Waals surface area contributed by atoms with Crippen LogP contribution in [-0.2, 0) is 66.7 Å². The summed E-state index contributed by atoms with van der Waals surface area (Å²) in [6.45, 7) is 5.99. The Morgan fingerprint density at radius 1 is 0.611 bits per heavy atom. The van der Waals surface area contributed by atoms with Crippen LogP contribution in [0.15, 0.2) is 34.1 Å². The van der Waals surface area contributed by atoms with Crippen molar-refractivity contribution in [2.45, 2.75) is 90.6 Å². The van der Waals surface area contributed by atoms with Gasteiger partial charge in [0.15, 0.2) is 42.0 Å². The van der Waals surface area contributed by atoms with Gasteiger partial charge in [-0.3, -0.25) is 37.9 Å². The molecule has 0 saturated carbocycles. The number of carbonyl (C=O) groups is 6. The molecule has 0 aromatic carbocycles. The molecule has 2 aliphatic heterocycles. The minimum atomic E-state index is -1.35. The quantitative estimate of drug-likeness (QED) is 0.152. The van der Waals surface area contributed by atoms with Crippen LogP contribution in [0.3, 0.4) is 0 Å². The van der Waals surface area contributed by atoms with Crippen LogP contribution in [0.5, 0.6) is 0 Å². The number of esters is 6. The van der Waals surface area contributed by atoms with Crippen molar-refractivity contribution in [3.63, 3.8) is 0 Å². The minimum Gasteiger partial charge on any atom is -0.463 e.